The molecule has 0 aliphatic carbocycles. The van der Waals surface area contributed by atoms with E-state index in [4.69, 9.17) is 4.74 Å². The summed E-state index contributed by atoms with van der Waals surface area (Å²) in [6.07, 6.45) is -0.371. The van der Waals surface area contributed by atoms with E-state index in [9.17, 15) is 24.5 Å². The fourth-order valence-corrected chi connectivity index (χ4v) is 3.02. The minimum atomic E-state index is -0.765. The number of rotatable bonds is 6. The lowest BCUT2D eigenvalue weighted by Crippen LogP contribution is -2.47. The van der Waals surface area contributed by atoms with Gasteiger partial charge in [0.1, 0.15) is 5.75 Å². The Morgan fingerprint density at radius 1 is 1.21 bits per heavy atom. The second-order valence-electron chi connectivity index (χ2n) is 6.53. The minimum Gasteiger partial charge on any atom is -0.478 e. The Kier molecular flexibility index (Phi) is 5.58. The first-order valence-electron chi connectivity index (χ1n) is 8.97. The number of amides is 2. The van der Waals surface area contributed by atoms with Crippen molar-refractivity contribution in [3.63, 3.8) is 0 Å². The van der Waals surface area contributed by atoms with Crippen molar-refractivity contribution in [3.8, 4) is 5.75 Å². The number of hydrogen-bond acceptors (Lipinski definition) is 6. The fourth-order valence-electron chi connectivity index (χ4n) is 3.02. The zero-order valence-electron chi connectivity index (χ0n) is 15.9. The molecule has 0 fully saturated rings. The van der Waals surface area contributed by atoms with Crippen molar-refractivity contribution in [2.75, 3.05) is 16.8 Å². The van der Waals surface area contributed by atoms with Gasteiger partial charge in [-0.05, 0) is 36.8 Å². The Bertz CT molecular complexity index is 986. The number of Topliss-reactive ketones (excluding diaryl/α,β-unsaturated/α-hetero) is 1. The SMILES string of the molecule is CCC1Oc2ccc([N+](=O)[O-])cc2N(CC(=O)c2ccc(NC(C)=O)cc2)C1=O. The van der Waals surface area contributed by atoms with Gasteiger partial charge in [-0.3, -0.25) is 29.4 Å². The van der Waals surface area contributed by atoms with Gasteiger partial charge in [-0.25, -0.2) is 0 Å². The lowest BCUT2D eigenvalue weighted by atomic mass is 10.1. The van der Waals surface area contributed by atoms with Gasteiger partial charge in [-0.15, -0.1) is 0 Å². The summed E-state index contributed by atoms with van der Waals surface area (Å²) in [5.41, 5.74) is 0.881. The standard InChI is InChI=1S/C20H19N3O6/c1-3-18-20(26)22(16-10-15(23(27)28)8-9-19(16)29-18)11-17(25)13-4-6-14(7-5-13)21-12(2)24/h4-10,18H,3,11H2,1-2H3,(H,21,24). The number of carbonyl (C=O) groups is 3. The van der Waals surface area contributed by atoms with Gasteiger partial charge in [0.15, 0.2) is 11.9 Å². The Hall–Kier alpha value is -3.75. The molecule has 1 aliphatic heterocycles. The minimum absolute atomic E-state index is 0.192. The first-order chi connectivity index (χ1) is 13.8. The number of nitrogens with one attached hydrogen (secondary N) is 1. The highest BCUT2D eigenvalue weighted by Crippen LogP contribution is 2.37. The van der Waals surface area contributed by atoms with E-state index in [1.165, 1.54) is 30.0 Å². The van der Waals surface area contributed by atoms with E-state index >= 15 is 0 Å². The quantitative estimate of drug-likeness (QED) is 0.455. The van der Waals surface area contributed by atoms with Gasteiger partial charge in [0.25, 0.3) is 11.6 Å². The third-order valence-corrected chi connectivity index (χ3v) is 4.45. The Morgan fingerprint density at radius 2 is 1.90 bits per heavy atom. The van der Waals surface area contributed by atoms with Crippen LogP contribution < -0.4 is 15.0 Å². The van der Waals surface area contributed by atoms with Crippen molar-refractivity contribution in [2.45, 2.75) is 26.4 Å². The Balaban J connectivity index is 1.89. The van der Waals surface area contributed by atoms with Crippen LogP contribution in [0, 0.1) is 10.1 Å². The molecule has 1 aliphatic rings. The molecule has 3 rings (SSSR count). The summed E-state index contributed by atoms with van der Waals surface area (Å²) in [4.78, 5) is 48.4. The van der Waals surface area contributed by atoms with Crippen molar-refractivity contribution in [3.05, 3.63) is 58.1 Å². The Morgan fingerprint density at radius 3 is 2.48 bits per heavy atom. The fraction of sp³-hybridized carbons (Fsp3) is 0.250. The molecule has 1 atom stereocenters. The molecule has 1 N–H and O–H groups in total. The highest BCUT2D eigenvalue weighted by atomic mass is 16.6. The van der Waals surface area contributed by atoms with E-state index in [0.29, 0.717) is 23.4 Å². The molecule has 0 aromatic heterocycles. The van der Waals surface area contributed by atoms with E-state index in [1.54, 1.807) is 31.2 Å². The molecule has 2 amide bonds. The molecule has 0 spiro atoms. The smallest absolute Gasteiger partial charge is 0.271 e. The normalized spacial score (nSPS) is 15.3. The van der Waals surface area contributed by atoms with Crippen molar-refractivity contribution in [2.24, 2.45) is 0 Å². The number of hydrogen-bond donors (Lipinski definition) is 1. The van der Waals surface area contributed by atoms with Gasteiger partial charge in [0, 0.05) is 30.3 Å². The predicted molar refractivity (Wildman–Crippen MR) is 105 cm³/mol. The van der Waals surface area contributed by atoms with E-state index in [2.05, 4.69) is 5.32 Å². The van der Waals surface area contributed by atoms with Crippen LogP contribution in [0.15, 0.2) is 42.5 Å². The van der Waals surface area contributed by atoms with Crippen LogP contribution in [-0.2, 0) is 9.59 Å². The van der Waals surface area contributed by atoms with E-state index in [-0.39, 0.29) is 29.6 Å². The average Bonchev–Trinajstić information content (AvgIpc) is 2.69. The van der Waals surface area contributed by atoms with Crippen molar-refractivity contribution < 1.29 is 24.0 Å². The second kappa shape index (κ2) is 8.09. The highest BCUT2D eigenvalue weighted by molar-refractivity contribution is 6.08. The van der Waals surface area contributed by atoms with Crippen LogP contribution in [0.4, 0.5) is 17.1 Å². The van der Waals surface area contributed by atoms with Gasteiger partial charge in [0.2, 0.25) is 5.91 Å². The summed E-state index contributed by atoms with van der Waals surface area (Å²) in [7, 11) is 0. The number of anilines is 2. The van der Waals surface area contributed by atoms with Gasteiger partial charge in [-0.2, -0.15) is 0 Å². The zero-order valence-corrected chi connectivity index (χ0v) is 15.9. The van der Waals surface area contributed by atoms with Crippen LogP contribution in [0.5, 0.6) is 5.75 Å². The summed E-state index contributed by atoms with van der Waals surface area (Å²) in [6.45, 7) is 2.87. The van der Waals surface area contributed by atoms with Crippen molar-refractivity contribution in [1.82, 2.24) is 0 Å². The van der Waals surface area contributed by atoms with Gasteiger partial charge in [-0.1, -0.05) is 6.92 Å². The number of ether oxygens (including phenoxy) is 1. The summed E-state index contributed by atoms with van der Waals surface area (Å²) in [5, 5.41) is 13.7. The summed E-state index contributed by atoms with van der Waals surface area (Å²) >= 11 is 0. The van der Waals surface area contributed by atoms with E-state index in [1.807, 2.05) is 0 Å². The molecule has 2 aromatic carbocycles. The largest absolute Gasteiger partial charge is 0.478 e. The second-order valence-corrected chi connectivity index (χ2v) is 6.53. The molecule has 1 unspecified atom stereocenters. The number of fused-ring (bicyclic) bond motifs is 1. The lowest BCUT2D eigenvalue weighted by molar-refractivity contribution is -0.384. The number of benzene rings is 2. The third-order valence-electron chi connectivity index (χ3n) is 4.45. The summed E-state index contributed by atoms with van der Waals surface area (Å²) in [6, 6.07) is 10.2. The molecule has 29 heavy (non-hydrogen) atoms. The molecule has 9 heteroatoms. The number of ketones is 1. The first kappa shape index (κ1) is 20.0. The molecule has 0 bridgehead atoms. The van der Waals surface area contributed by atoms with E-state index in [0.717, 1.165) is 0 Å². The van der Waals surface area contributed by atoms with Gasteiger partial charge >= 0.3 is 0 Å². The van der Waals surface area contributed by atoms with Crippen molar-refractivity contribution >= 4 is 34.7 Å². The number of carbonyl (C=O) groups excluding carboxylic acids is 3. The van der Waals surface area contributed by atoms with Crippen LogP contribution in [0.1, 0.15) is 30.6 Å². The molecule has 0 radical (unpaired) electrons. The van der Waals surface area contributed by atoms with Crippen LogP contribution in [0.2, 0.25) is 0 Å². The molecule has 9 nitrogen and oxygen atoms in total. The molecule has 0 saturated heterocycles. The van der Waals surface area contributed by atoms with Crippen LogP contribution in [-0.4, -0.2) is 35.2 Å². The first-order valence-corrected chi connectivity index (χ1v) is 8.97. The number of nitrogens with zero attached hydrogens (tertiary/aromatic N) is 2. The highest BCUT2D eigenvalue weighted by Gasteiger charge is 2.35. The third kappa shape index (κ3) is 4.23. The maximum absolute atomic E-state index is 12.8. The average molecular weight is 397 g/mol. The molecule has 0 saturated carbocycles. The molecule has 1 heterocycles. The topological polar surface area (TPSA) is 119 Å². The summed E-state index contributed by atoms with van der Waals surface area (Å²) in [5.74, 6) is -0.687. The van der Waals surface area contributed by atoms with Crippen LogP contribution in [0.3, 0.4) is 0 Å². The maximum Gasteiger partial charge on any atom is 0.271 e. The monoisotopic (exact) mass is 397 g/mol. The summed E-state index contributed by atoms with van der Waals surface area (Å²) < 4.78 is 5.63. The molecule has 150 valence electrons. The predicted octanol–water partition coefficient (Wildman–Crippen LogP) is 2.94. The lowest BCUT2D eigenvalue weighted by Gasteiger charge is -2.33. The zero-order chi connectivity index (χ0) is 21.1. The number of nitro benzene ring substituents is 1. The van der Waals surface area contributed by atoms with Crippen LogP contribution in [0.25, 0.3) is 0 Å². The van der Waals surface area contributed by atoms with E-state index < -0.39 is 16.9 Å². The number of non-ortho nitro benzene ring substituents is 1. The van der Waals surface area contributed by atoms with Gasteiger partial charge in [0.05, 0.1) is 17.2 Å². The molecule has 2 aromatic rings. The Labute approximate surface area is 166 Å². The molecular weight excluding hydrogens is 378 g/mol. The molecular formula is C20H19N3O6. The maximum atomic E-state index is 12.8. The van der Waals surface area contributed by atoms with Gasteiger partial charge < -0.3 is 10.1 Å². The van der Waals surface area contributed by atoms with Crippen molar-refractivity contribution in [1.29, 1.82) is 0 Å². The van der Waals surface area contributed by atoms with Crippen LogP contribution >= 0.6 is 0 Å². The number of nitro groups is 1.